The Labute approximate surface area is 192 Å². The molecule has 3 aromatic rings. The molecule has 0 aliphatic carbocycles. The van der Waals surface area contributed by atoms with Gasteiger partial charge >= 0.3 is 5.97 Å². The van der Waals surface area contributed by atoms with Crippen molar-refractivity contribution in [1.29, 1.82) is 0 Å². The van der Waals surface area contributed by atoms with Crippen LogP contribution in [-0.4, -0.2) is 37.9 Å². The summed E-state index contributed by atoms with van der Waals surface area (Å²) in [7, 11) is 1.64. The second-order valence-corrected chi connectivity index (χ2v) is 7.50. The van der Waals surface area contributed by atoms with Crippen LogP contribution in [0.25, 0.3) is 11.1 Å². The lowest BCUT2D eigenvalue weighted by Crippen LogP contribution is -2.24. The third-order valence-corrected chi connectivity index (χ3v) is 5.04. The SMILES string of the molecule is COc1cccc([C@@H](C)NCCOc2cc(F)cc(-c3cccc(OCCC(=O)O)c3)c2)c1. The quantitative estimate of drug-likeness (QED) is 0.372. The molecule has 0 heterocycles. The summed E-state index contributed by atoms with van der Waals surface area (Å²) in [4.78, 5) is 10.7. The standard InChI is InChI=1S/C26H28FNO5/c1-18(19-5-3-7-23(14-19)31-2)28-10-12-33-25-16-21(13-22(27)17-25)20-6-4-8-24(15-20)32-11-9-26(29)30/h3-8,13-18,28H,9-12H2,1-2H3,(H,29,30)/t18-/m1/s1. The number of hydrogen-bond donors (Lipinski definition) is 2. The van der Waals surface area contributed by atoms with Crippen LogP contribution >= 0.6 is 0 Å². The van der Waals surface area contributed by atoms with E-state index in [1.807, 2.05) is 30.3 Å². The summed E-state index contributed by atoms with van der Waals surface area (Å²) in [5.41, 5.74) is 2.50. The van der Waals surface area contributed by atoms with E-state index in [1.54, 1.807) is 31.4 Å². The molecule has 0 spiro atoms. The van der Waals surface area contributed by atoms with Crippen LogP contribution in [0.15, 0.2) is 66.7 Å². The normalized spacial score (nSPS) is 11.6. The summed E-state index contributed by atoms with van der Waals surface area (Å²) in [6, 6.07) is 19.6. The summed E-state index contributed by atoms with van der Waals surface area (Å²) in [5.74, 6) is 0.429. The van der Waals surface area contributed by atoms with Gasteiger partial charge in [0.2, 0.25) is 0 Å². The van der Waals surface area contributed by atoms with Crippen LogP contribution in [0.3, 0.4) is 0 Å². The lowest BCUT2D eigenvalue weighted by molar-refractivity contribution is -0.137. The van der Waals surface area contributed by atoms with E-state index >= 15 is 0 Å². The van der Waals surface area contributed by atoms with Gasteiger partial charge in [-0.3, -0.25) is 4.79 Å². The molecular weight excluding hydrogens is 425 g/mol. The van der Waals surface area contributed by atoms with E-state index in [4.69, 9.17) is 19.3 Å². The first-order valence-electron chi connectivity index (χ1n) is 10.7. The van der Waals surface area contributed by atoms with Crippen molar-refractivity contribution in [1.82, 2.24) is 5.32 Å². The zero-order chi connectivity index (χ0) is 23.6. The number of benzene rings is 3. The van der Waals surface area contributed by atoms with E-state index in [-0.39, 0.29) is 19.1 Å². The third kappa shape index (κ3) is 7.50. The zero-order valence-corrected chi connectivity index (χ0v) is 18.7. The zero-order valence-electron chi connectivity index (χ0n) is 18.7. The Morgan fingerprint density at radius 3 is 2.45 bits per heavy atom. The van der Waals surface area contributed by atoms with Crippen LogP contribution in [0, 0.1) is 5.82 Å². The molecule has 0 radical (unpaired) electrons. The molecule has 3 aromatic carbocycles. The Bertz CT molecular complexity index is 1070. The van der Waals surface area contributed by atoms with Gasteiger partial charge in [-0.05, 0) is 60.0 Å². The maximum absolute atomic E-state index is 14.2. The molecule has 0 saturated heterocycles. The molecule has 7 heteroatoms. The highest BCUT2D eigenvalue weighted by Gasteiger charge is 2.08. The fourth-order valence-corrected chi connectivity index (χ4v) is 3.31. The number of halogens is 1. The highest BCUT2D eigenvalue weighted by atomic mass is 19.1. The minimum atomic E-state index is -0.926. The average molecular weight is 454 g/mol. The van der Waals surface area contributed by atoms with Crippen LogP contribution in [0.1, 0.15) is 24.9 Å². The number of ether oxygens (including phenoxy) is 3. The van der Waals surface area contributed by atoms with E-state index in [9.17, 15) is 9.18 Å². The van der Waals surface area contributed by atoms with Crippen molar-refractivity contribution < 1.29 is 28.5 Å². The lowest BCUT2D eigenvalue weighted by Gasteiger charge is -2.16. The third-order valence-electron chi connectivity index (χ3n) is 5.04. The van der Waals surface area contributed by atoms with E-state index in [0.717, 1.165) is 16.9 Å². The highest BCUT2D eigenvalue weighted by molar-refractivity contribution is 5.67. The molecule has 0 saturated carbocycles. The highest BCUT2D eigenvalue weighted by Crippen LogP contribution is 2.28. The predicted octanol–water partition coefficient (Wildman–Crippen LogP) is 5.08. The molecule has 0 amide bonds. The van der Waals surface area contributed by atoms with Gasteiger partial charge in [-0.25, -0.2) is 4.39 Å². The van der Waals surface area contributed by atoms with Crippen molar-refractivity contribution in [3.63, 3.8) is 0 Å². The van der Waals surface area contributed by atoms with Crippen molar-refractivity contribution in [3.8, 4) is 28.4 Å². The smallest absolute Gasteiger partial charge is 0.306 e. The van der Waals surface area contributed by atoms with Crippen molar-refractivity contribution >= 4 is 5.97 Å². The molecule has 0 unspecified atom stereocenters. The predicted molar refractivity (Wildman–Crippen MR) is 124 cm³/mol. The van der Waals surface area contributed by atoms with Crippen LogP contribution in [0.4, 0.5) is 4.39 Å². The fourth-order valence-electron chi connectivity index (χ4n) is 3.31. The average Bonchev–Trinajstić information content (AvgIpc) is 2.81. The summed E-state index contributed by atoms with van der Waals surface area (Å²) in [5, 5.41) is 12.1. The molecule has 0 bridgehead atoms. The van der Waals surface area contributed by atoms with Gasteiger partial charge in [0.05, 0.1) is 20.1 Å². The van der Waals surface area contributed by atoms with Gasteiger partial charge in [0.25, 0.3) is 0 Å². The molecule has 0 aliphatic heterocycles. The number of nitrogens with one attached hydrogen (secondary N) is 1. The molecule has 33 heavy (non-hydrogen) atoms. The Kier molecular flexibility index (Phi) is 8.66. The van der Waals surface area contributed by atoms with E-state index in [2.05, 4.69) is 12.2 Å². The molecule has 174 valence electrons. The van der Waals surface area contributed by atoms with Crippen LogP contribution in [0.5, 0.6) is 17.2 Å². The van der Waals surface area contributed by atoms with Crippen molar-refractivity contribution in [3.05, 3.63) is 78.1 Å². The maximum atomic E-state index is 14.2. The Morgan fingerprint density at radius 2 is 1.67 bits per heavy atom. The van der Waals surface area contributed by atoms with Crippen molar-refractivity contribution in [2.45, 2.75) is 19.4 Å². The monoisotopic (exact) mass is 453 g/mol. The van der Waals surface area contributed by atoms with E-state index < -0.39 is 11.8 Å². The van der Waals surface area contributed by atoms with Gasteiger partial charge in [-0.15, -0.1) is 0 Å². The molecule has 0 aliphatic rings. The molecule has 3 rings (SSSR count). The van der Waals surface area contributed by atoms with Gasteiger partial charge < -0.3 is 24.6 Å². The number of methoxy groups -OCH3 is 1. The summed E-state index contributed by atoms with van der Waals surface area (Å²) in [6.07, 6.45) is -0.0906. The van der Waals surface area contributed by atoms with Crippen LogP contribution in [0.2, 0.25) is 0 Å². The van der Waals surface area contributed by atoms with Gasteiger partial charge in [0, 0.05) is 18.7 Å². The fraction of sp³-hybridized carbons (Fsp3) is 0.269. The van der Waals surface area contributed by atoms with Crippen LogP contribution < -0.4 is 19.5 Å². The minimum Gasteiger partial charge on any atom is -0.497 e. The largest absolute Gasteiger partial charge is 0.497 e. The Morgan fingerprint density at radius 1 is 0.939 bits per heavy atom. The molecule has 1 atom stereocenters. The summed E-state index contributed by atoms with van der Waals surface area (Å²) in [6.45, 7) is 3.07. The van der Waals surface area contributed by atoms with Crippen molar-refractivity contribution in [2.24, 2.45) is 0 Å². The number of carbonyl (C=O) groups is 1. The number of rotatable bonds is 12. The van der Waals surface area contributed by atoms with Gasteiger partial charge in [0.15, 0.2) is 0 Å². The minimum absolute atomic E-state index is 0.0669. The first kappa shape index (κ1) is 24.1. The maximum Gasteiger partial charge on any atom is 0.306 e. The van der Waals surface area contributed by atoms with Gasteiger partial charge in [-0.2, -0.15) is 0 Å². The molecule has 0 fully saturated rings. The van der Waals surface area contributed by atoms with Gasteiger partial charge in [-0.1, -0.05) is 24.3 Å². The number of carboxylic acids is 1. The summed E-state index contributed by atoms with van der Waals surface area (Å²) >= 11 is 0. The second kappa shape index (κ2) is 11.9. The second-order valence-electron chi connectivity index (χ2n) is 7.50. The van der Waals surface area contributed by atoms with E-state index in [0.29, 0.717) is 30.2 Å². The first-order valence-corrected chi connectivity index (χ1v) is 10.7. The summed E-state index contributed by atoms with van der Waals surface area (Å²) < 4.78 is 30.7. The molecular formula is C26H28FNO5. The first-order chi connectivity index (χ1) is 15.9. The van der Waals surface area contributed by atoms with Crippen molar-refractivity contribution in [2.75, 3.05) is 26.9 Å². The van der Waals surface area contributed by atoms with Gasteiger partial charge in [0.1, 0.15) is 29.7 Å². The van der Waals surface area contributed by atoms with E-state index in [1.165, 1.54) is 12.1 Å². The molecule has 6 nitrogen and oxygen atoms in total. The number of hydrogen-bond acceptors (Lipinski definition) is 5. The Hall–Kier alpha value is -3.58. The topological polar surface area (TPSA) is 77.0 Å². The number of aliphatic carboxylic acids is 1. The van der Waals surface area contributed by atoms with Crippen LogP contribution in [-0.2, 0) is 4.79 Å². The number of carboxylic acid groups (broad SMARTS) is 1. The Balaban J connectivity index is 1.57. The molecule has 0 aromatic heterocycles. The lowest BCUT2D eigenvalue weighted by atomic mass is 10.0. The molecule has 2 N–H and O–H groups in total.